The van der Waals surface area contributed by atoms with Crippen LogP contribution in [0.4, 0.5) is 0 Å². The maximum absolute atomic E-state index is 4.60. The molecular weight excluding hydrogens is 110 g/mol. The predicted octanol–water partition coefficient (Wildman–Crippen LogP) is 1.54. The summed E-state index contributed by atoms with van der Waals surface area (Å²) >= 11 is 4.60. The zero-order chi connectivity index (χ0) is 5.28. The molecule has 0 spiro atoms. The minimum Gasteiger partial charge on any atom is -0.345 e. The molecular formula is C4H4NOS. The van der Waals surface area contributed by atoms with Crippen molar-refractivity contribution in [2.24, 2.45) is 0 Å². The van der Waals surface area contributed by atoms with Crippen LogP contribution in [0.3, 0.4) is 0 Å². The molecule has 1 aromatic rings. The van der Waals surface area contributed by atoms with Gasteiger partial charge in [0.1, 0.15) is 0 Å². The standard InChI is InChI=1S/C4H4NOS/c1-3-2-4(7)6-5-3/h2H,1H3. The second-order valence-electron chi connectivity index (χ2n) is 1.29. The largest absolute Gasteiger partial charge is 0.345 e. The molecule has 37 valence electrons. The number of rotatable bonds is 0. The highest BCUT2D eigenvalue weighted by Crippen LogP contribution is 2.04. The van der Waals surface area contributed by atoms with Crippen LogP contribution in [0.1, 0.15) is 5.69 Å². The van der Waals surface area contributed by atoms with Crippen molar-refractivity contribution in [1.29, 1.82) is 0 Å². The third-order valence-electron chi connectivity index (χ3n) is 0.606. The molecule has 1 radical (unpaired) electrons. The monoisotopic (exact) mass is 114 g/mol. The Balaban J connectivity index is 3.04. The van der Waals surface area contributed by atoms with Crippen molar-refractivity contribution in [3.63, 3.8) is 0 Å². The highest BCUT2D eigenvalue weighted by atomic mass is 32.1. The van der Waals surface area contributed by atoms with Gasteiger partial charge in [-0.25, -0.2) is 0 Å². The second-order valence-corrected chi connectivity index (χ2v) is 1.69. The van der Waals surface area contributed by atoms with E-state index >= 15 is 0 Å². The van der Waals surface area contributed by atoms with Gasteiger partial charge >= 0.3 is 0 Å². The smallest absolute Gasteiger partial charge is 0.223 e. The summed E-state index contributed by atoms with van der Waals surface area (Å²) in [4.78, 5) is 0. The molecule has 7 heavy (non-hydrogen) atoms. The quantitative estimate of drug-likeness (QED) is 0.511. The molecule has 2 nitrogen and oxygen atoms in total. The SMILES string of the molecule is Cc1cc([S])on1. The summed E-state index contributed by atoms with van der Waals surface area (Å²) in [6, 6.07) is 1.70. The number of nitrogens with zero attached hydrogens (tertiary/aromatic N) is 1. The Labute approximate surface area is 46.9 Å². The van der Waals surface area contributed by atoms with Gasteiger partial charge < -0.3 is 4.52 Å². The van der Waals surface area contributed by atoms with E-state index in [2.05, 4.69) is 22.3 Å². The zero-order valence-electron chi connectivity index (χ0n) is 3.84. The van der Waals surface area contributed by atoms with Crippen LogP contribution in [0.2, 0.25) is 0 Å². The lowest BCUT2D eigenvalue weighted by molar-refractivity contribution is 0.348. The van der Waals surface area contributed by atoms with Crippen LogP contribution < -0.4 is 0 Å². The van der Waals surface area contributed by atoms with E-state index in [-0.39, 0.29) is 0 Å². The fourth-order valence-corrected chi connectivity index (χ4v) is 0.548. The number of aromatic nitrogens is 1. The third kappa shape index (κ3) is 0.899. The maximum Gasteiger partial charge on any atom is 0.223 e. The minimum absolute atomic E-state index is 0.456. The molecule has 1 rings (SSSR count). The molecule has 0 aliphatic carbocycles. The van der Waals surface area contributed by atoms with Crippen LogP contribution in [-0.2, 0) is 0 Å². The molecule has 0 amide bonds. The van der Waals surface area contributed by atoms with E-state index in [1.165, 1.54) is 0 Å². The summed E-state index contributed by atoms with van der Waals surface area (Å²) in [6.45, 7) is 1.83. The molecule has 0 aliphatic rings. The van der Waals surface area contributed by atoms with Crippen LogP contribution >= 0.6 is 12.6 Å². The van der Waals surface area contributed by atoms with Gasteiger partial charge in [0, 0.05) is 6.07 Å². The molecule has 0 unspecified atom stereocenters. The molecule has 0 aromatic carbocycles. The first kappa shape index (κ1) is 4.59. The maximum atomic E-state index is 4.60. The van der Waals surface area contributed by atoms with E-state index in [0.717, 1.165) is 5.69 Å². The highest BCUT2D eigenvalue weighted by Gasteiger charge is 1.90. The Morgan fingerprint density at radius 1 is 1.86 bits per heavy atom. The highest BCUT2D eigenvalue weighted by molar-refractivity contribution is 7.80. The van der Waals surface area contributed by atoms with Crippen molar-refractivity contribution < 1.29 is 4.52 Å². The van der Waals surface area contributed by atoms with Gasteiger partial charge in [-0.1, -0.05) is 5.16 Å². The van der Waals surface area contributed by atoms with Gasteiger partial charge in [-0.15, -0.1) is 0 Å². The summed E-state index contributed by atoms with van der Waals surface area (Å²) in [7, 11) is 0. The van der Waals surface area contributed by atoms with E-state index < -0.39 is 0 Å². The Morgan fingerprint density at radius 3 is 2.71 bits per heavy atom. The molecule has 0 N–H and O–H groups in total. The fraction of sp³-hybridized carbons (Fsp3) is 0.250. The van der Waals surface area contributed by atoms with E-state index in [1.54, 1.807) is 6.07 Å². The average Bonchev–Trinajstić information content (AvgIpc) is 1.87. The van der Waals surface area contributed by atoms with Crippen molar-refractivity contribution in [2.75, 3.05) is 0 Å². The van der Waals surface area contributed by atoms with Gasteiger partial charge in [0.25, 0.3) is 0 Å². The average molecular weight is 114 g/mol. The van der Waals surface area contributed by atoms with Crippen molar-refractivity contribution in [1.82, 2.24) is 5.16 Å². The summed E-state index contributed by atoms with van der Waals surface area (Å²) in [6.07, 6.45) is 0. The molecule has 0 atom stereocenters. The lowest BCUT2D eigenvalue weighted by Gasteiger charge is -1.62. The lowest BCUT2D eigenvalue weighted by Crippen LogP contribution is -1.59. The number of hydrogen-bond donors (Lipinski definition) is 0. The normalized spacial score (nSPS) is 9.29. The van der Waals surface area contributed by atoms with Gasteiger partial charge in [-0.3, -0.25) is 0 Å². The molecule has 1 heterocycles. The molecule has 3 heteroatoms. The zero-order valence-corrected chi connectivity index (χ0v) is 4.66. The van der Waals surface area contributed by atoms with Crippen molar-refractivity contribution in [2.45, 2.75) is 12.0 Å². The van der Waals surface area contributed by atoms with Gasteiger partial charge in [0.2, 0.25) is 5.09 Å². The van der Waals surface area contributed by atoms with E-state index in [0.29, 0.717) is 5.09 Å². The molecule has 0 bridgehead atoms. The lowest BCUT2D eigenvalue weighted by atomic mass is 10.5. The molecule has 1 aromatic heterocycles. The Kier molecular flexibility index (Phi) is 0.982. The minimum atomic E-state index is 0.456. The molecule has 0 saturated carbocycles. The van der Waals surface area contributed by atoms with Crippen LogP contribution in [0.25, 0.3) is 0 Å². The summed E-state index contributed by atoms with van der Waals surface area (Å²) in [5.74, 6) is 0. The van der Waals surface area contributed by atoms with Gasteiger partial charge in [0.05, 0.1) is 5.69 Å². The first-order valence-corrected chi connectivity index (χ1v) is 2.30. The number of aryl methyl sites for hydroxylation is 1. The van der Waals surface area contributed by atoms with Gasteiger partial charge in [-0.2, -0.15) is 0 Å². The van der Waals surface area contributed by atoms with Crippen molar-refractivity contribution >= 4 is 12.6 Å². The van der Waals surface area contributed by atoms with Crippen LogP contribution in [-0.4, -0.2) is 5.16 Å². The first-order chi connectivity index (χ1) is 3.29. The summed E-state index contributed by atoms with van der Waals surface area (Å²) in [5.41, 5.74) is 0.838. The predicted molar refractivity (Wildman–Crippen MR) is 27.1 cm³/mol. The van der Waals surface area contributed by atoms with Gasteiger partial charge in [-0.05, 0) is 19.6 Å². The first-order valence-electron chi connectivity index (χ1n) is 1.89. The summed E-state index contributed by atoms with van der Waals surface area (Å²) < 4.78 is 4.53. The van der Waals surface area contributed by atoms with E-state index in [1.807, 2.05) is 6.92 Å². The fourth-order valence-electron chi connectivity index (χ4n) is 0.340. The third-order valence-corrected chi connectivity index (χ3v) is 0.799. The van der Waals surface area contributed by atoms with Crippen molar-refractivity contribution in [3.8, 4) is 0 Å². The van der Waals surface area contributed by atoms with E-state index in [4.69, 9.17) is 0 Å². The van der Waals surface area contributed by atoms with Crippen molar-refractivity contribution in [3.05, 3.63) is 11.8 Å². The Morgan fingerprint density at radius 2 is 2.57 bits per heavy atom. The van der Waals surface area contributed by atoms with Gasteiger partial charge in [0.15, 0.2) is 0 Å². The number of hydrogen-bond acceptors (Lipinski definition) is 2. The van der Waals surface area contributed by atoms with Crippen LogP contribution in [0, 0.1) is 6.92 Å². The molecule has 0 fully saturated rings. The topological polar surface area (TPSA) is 26.0 Å². The van der Waals surface area contributed by atoms with E-state index in [9.17, 15) is 0 Å². The second kappa shape index (κ2) is 1.50. The Bertz CT molecular complexity index is 144. The molecule has 0 saturated heterocycles. The van der Waals surface area contributed by atoms with Crippen LogP contribution in [0.15, 0.2) is 15.7 Å². The molecule has 0 aliphatic heterocycles. The summed E-state index contributed by atoms with van der Waals surface area (Å²) in [5, 5.41) is 3.99. The Hall–Kier alpha value is -0.570. The van der Waals surface area contributed by atoms with Crippen LogP contribution in [0.5, 0.6) is 0 Å².